The Morgan fingerprint density at radius 3 is 2.21 bits per heavy atom. The summed E-state index contributed by atoms with van der Waals surface area (Å²) in [7, 11) is 0. The molecule has 0 spiro atoms. The SMILES string of the molecule is Cc1ccc(-n2cc(-c3ccccc3C=O)nn2)cc1.O=[N+]([O-])c1ccccc1. The summed E-state index contributed by atoms with van der Waals surface area (Å²) in [4.78, 5) is 20.6. The molecule has 4 aromatic rings. The number of rotatable bonds is 4. The van der Waals surface area contributed by atoms with Gasteiger partial charge in [0.05, 0.1) is 16.8 Å². The van der Waals surface area contributed by atoms with Gasteiger partial charge in [0.1, 0.15) is 5.69 Å². The largest absolute Gasteiger partial charge is 0.298 e. The summed E-state index contributed by atoms with van der Waals surface area (Å²) >= 11 is 0. The van der Waals surface area contributed by atoms with Crippen molar-refractivity contribution in [2.45, 2.75) is 6.92 Å². The lowest BCUT2D eigenvalue weighted by molar-refractivity contribution is -0.384. The first-order valence-corrected chi connectivity index (χ1v) is 8.82. The average Bonchev–Trinajstić information content (AvgIpc) is 3.25. The summed E-state index contributed by atoms with van der Waals surface area (Å²) in [6.45, 7) is 2.04. The highest BCUT2D eigenvalue weighted by atomic mass is 16.6. The van der Waals surface area contributed by atoms with Gasteiger partial charge in [0.15, 0.2) is 6.29 Å². The molecule has 1 heterocycles. The molecule has 4 rings (SSSR count). The van der Waals surface area contributed by atoms with Crippen molar-refractivity contribution in [3.05, 3.63) is 106 Å². The van der Waals surface area contributed by atoms with E-state index >= 15 is 0 Å². The number of aldehydes is 1. The van der Waals surface area contributed by atoms with E-state index in [0.717, 1.165) is 17.5 Å². The molecule has 0 atom stereocenters. The zero-order chi connectivity index (χ0) is 20.6. The van der Waals surface area contributed by atoms with Gasteiger partial charge >= 0.3 is 0 Å². The fourth-order valence-electron chi connectivity index (χ4n) is 2.59. The number of nitro groups is 1. The number of nitro benzene ring substituents is 1. The Bertz CT molecular complexity index is 1110. The summed E-state index contributed by atoms with van der Waals surface area (Å²) in [6, 6.07) is 23.3. The Balaban J connectivity index is 0.000000224. The Morgan fingerprint density at radius 2 is 1.59 bits per heavy atom. The maximum atomic E-state index is 11.1. The lowest BCUT2D eigenvalue weighted by atomic mass is 10.1. The van der Waals surface area contributed by atoms with Crippen LogP contribution in [0.4, 0.5) is 5.69 Å². The first-order chi connectivity index (χ1) is 14.1. The van der Waals surface area contributed by atoms with E-state index in [1.165, 1.54) is 17.7 Å². The molecule has 0 aliphatic rings. The van der Waals surface area contributed by atoms with Crippen LogP contribution in [0.15, 0.2) is 85.1 Å². The molecule has 29 heavy (non-hydrogen) atoms. The van der Waals surface area contributed by atoms with Gasteiger partial charge in [0.2, 0.25) is 0 Å². The fraction of sp³-hybridized carbons (Fsp3) is 0.0455. The second kappa shape index (κ2) is 9.18. The zero-order valence-corrected chi connectivity index (χ0v) is 15.7. The van der Waals surface area contributed by atoms with Crippen LogP contribution in [0.3, 0.4) is 0 Å². The van der Waals surface area contributed by atoms with E-state index < -0.39 is 4.92 Å². The normalized spacial score (nSPS) is 9.97. The van der Waals surface area contributed by atoms with E-state index in [4.69, 9.17) is 0 Å². The van der Waals surface area contributed by atoms with Gasteiger partial charge in [-0.15, -0.1) is 5.10 Å². The van der Waals surface area contributed by atoms with E-state index in [1.54, 1.807) is 28.9 Å². The van der Waals surface area contributed by atoms with E-state index in [9.17, 15) is 14.9 Å². The highest BCUT2D eigenvalue weighted by Gasteiger charge is 2.09. The van der Waals surface area contributed by atoms with Gasteiger partial charge in [-0.3, -0.25) is 14.9 Å². The van der Waals surface area contributed by atoms with Crippen LogP contribution in [0, 0.1) is 17.0 Å². The molecule has 7 heteroatoms. The Morgan fingerprint density at radius 1 is 0.931 bits per heavy atom. The van der Waals surface area contributed by atoms with Crippen molar-refractivity contribution in [2.24, 2.45) is 0 Å². The van der Waals surface area contributed by atoms with Gasteiger partial charge in [0.25, 0.3) is 5.69 Å². The quantitative estimate of drug-likeness (QED) is 0.289. The van der Waals surface area contributed by atoms with Crippen LogP contribution in [0.25, 0.3) is 16.9 Å². The second-order valence-corrected chi connectivity index (χ2v) is 6.18. The van der Waals surface area contributed by atoms with Crippen molar-refractivity contribution < 1.29 is 9.72 Å². The molecule has 1 aromatic heterocycles. The standard InChI is InChI=1S/C16H13N3O.C6H5NO2/c1-12-6-8-14(9-7-12)19-10-16(17-18-19)15-5-3-2-4-13(15)11-20;8-7(9)6-4-2-1-3-5-6/h2-11H,1H3;1-5H. The molecular formula is C22H18N4O3. The number of benzene rings is 3. The Labute approximate surface area is 167 Å². The van der Waals surface area contributed by atoms with Gasteiger partial charge in [-0.2, -0.15) is 0 Å². The summed E-state index contributed by atoms with van der Waals surface area (Å²) in [5.41, 5.74) is 4.37. The van der Waals surface area contributed by atoms with Crippen LogP contribution in [0.5, 0.6) is 0 Å². The van der Waals surface area contributed by atoms with Crippen LogP contribution in [0.2, 0.25) is 0 Å². The third-order valence-electron chi connectivity index (χ3n) is 4.12. The highest BCUT2D eigenvalue weighted by molar-refractivity contribution is 5.86. The fourth-order valence-corrected chi connectivity index (χ4v) is 2.59. The molecule has 0 aliphatic heterocycles. The van der Waals surface area contributed by atoms with Gasteiger partial charge in [0, 0.05) is 23.3 Å². The number of nitrogens with zero attached hydrogens (tertiary/aromatic N) is 4. The molecule has 0 N–H and O–H groups in total. The second-order valence-electron chi connectivity index (χ2n) is 6.18. The van der Waals surface area contributed by atoms with Crippen LogP contribution in [-0.4, -0.2) is 26.2 Å². The van der Waals surface area contributed by atoms with Crippen molar-refractivity contribution in [1.82, 2.24) is 15.0 Å². The van der Waals surface area contributed by atoms with Crippen LogP contribution in [-0.2, 0) is 0 Å². The lowest BCUT2D eigenvalue weighted by Crippen LogP contribution is -1.94. The third-order valence-corrected chi connectivity index (χ3v) is 4.12. The smallest absolute Gasteiger partial charge is 0.269 e. The minimum absolute atomic E-state index is 0.137. The van der Waals surface area contributed by atoms with Crippen LogP contribution >= 0.6 is 0 Å². The number of hydrogen-bond donors (Lipinski definition) is 0. The highest BCUT2D eigenvalue weighted by Crippen LogP contribution is 2.21. The first-order valence-electron chi connectivity index (χ1n) is 8.82. The molecule has 0 saturated heterocycles. The summed E-state index contributed by atoms with van der Waals surface area (Å²) in [6.07, 6.45) is 2.66. The summed E-state index contributed by atoms with van der Waals surface area (Å²) < 4.78 is 1.70. The number of carbonyl (C=O) groups is 1. The topological polar surface area (TPSA) is 90.9 Å². The van der Waals surface area contributed by atoms with Crippen molar-refractivity contribution in [3.63, 3.8) is 0 Å². The molecule has 0 bridgehead atoms. The van der Waals surface area contributed by atoms with Crippen molar-refractivity contribution in [1.29, 1.82) is 0 Å². The predicted octanol–water partition coefficient (Wildman–Crippen LogP) is 4.65. The maximum absolute atomic E-state index is 11.1. The number of para-hydroxylation sites is 1. The van der Waals surface area contributed by atoms with Gasteiger partial charge in [-0.05, 0) is 19.1 Å². The Hall–Kier alpha value is -4.13. The molecule has 0 saturated carbocycles. The molecule has 0 fully saturated rings. The molecule has 0 aliphatic carbocycles. The molecule has 0 radical (unpaired) electrons. The van der Waals surface area contributed by atoms with Crippen molar-refractivity contribution in [3.8, 4) is 16.9 Å². The van der Waals surface area contributed by atoms with E-state index in [0.29, 0.717) is 11.3 Å². The van der Waals surface area contributed by atoms with E-state index in [-0.39, 0.29) is 5.69 Å². The number of aromatic nitrogens is 3. The van der Waals surface area contributed by atoms with Gasteiger partial charge < -0.3 is 0 Å². The van der Waals surface area contributed by atoms with Gasteiger partial charge in [-0.1, -0.05) is 65.4 Å². The number of carbonyl (C=O) groups excluding carboxylic acids is 1. The summed E-state index contributed by atoms with van der Waals surface area (Å²) in [5, 5.41) is 18.3. The van der Waals surface area contributed by atoms with Crippen LogP contribution < -0.4 is 0 Å². The lowest BCUT2D eigenvalue weighted by Gasteiger charge is -2.00. The number of non-ortho nitro benzene ring substituents is 1. The van der Waals surface area contributed by atoms with E-state index in [2.05, 4.69) is 10.3 Å². The monoisotopic (exact) mass is 386 g/mol. The minimum Gasteiger partial charge on any atom is -0.298 e. The van der Waals surface area contributed by atoms with Crippen molar-refractivity contribution >= 4 is 12.0 Å². The van der Waals surface area contributed by atoms with Gasteiger partial charge in [-0.25, -0.2) is 4.68 Å². The first kappa shape index (κ1) is 19.6. The van der Waals surface area contributed by atoms with E-state index in [1.807, 2.05) is 55.6 Å². The molecule has 0 unspecified atom stereocenters. The third kappa shape index (κ3) is 4.98. The average molecular weight is 386 g/mol. The van der Waals surface area contributed by atoms with Crippen molar-refractivity contribution in [2.75, 3.05) is 0 Å². The summed E-state index contributed by atoms with van der Waals surface area (Å²) in [5.74, 6) is 0. The molecule has 0 amide bonds. The minimum atomic E-state index is -0.417. The molecule has 7 nitrogen and oxygen atoms in total. The molecule has 3 aromatic carbocycles. The maximum Gasteiger partial charge on any atom is 0.269 e. The number of aryl methyl sites for hydroxylation is 1. The number of hydrogen-bond acceptors (Lipinski definition) is 5. The molecule has 144 valence electrons. The molecular weight excluding hydrogens is 368 g/mol. The predicted molar refractivity (Wildman–Crippen MR) is 110 cm³/mol. The zero-order valence-electron chi connectivity index (χ0n) is 15.7. The van der Waals surface area contributed by atoms with Crippen LogP contribution in [0.1, 0.15) is 15.9 Å². The Kier molecular flexibility index (Phi) is 6.22.